The van der Waals surface area contributed by atoms with Crippen LogP contribution in [0.25, 0.3) is 0 Å². The Bertz CT molecular complexity index is 655. The normalized spacial score (nSPS) is 21.1. The number of hydrogen-bond acceptors (Lipinski definition) is 3. The van der Waals surface area contributed by atoms with E-state index in [2.05, 4.69) is 19.9 Å². The Morgan fingerprint density at radius 2 is 2.19 bits per heavy atom. The zero-order valence-electron chi connectivity index (χ0n) is 16.8. The van der Waals surface area contributed by atoms with Crippen LogP contribution in [0.2, 0.25) is 0 Å². The summed E-state index contributed by atoms with van der Waals surface area (Å²) in [5.74, 6) is 1.71. The van der Waals surface area contributed by atoms with E-state index in [0.717, 1.165) is 30.2 Å². The number of aryl methyl sites for hydroxylation is 1. The molecule has 26 heavy (non-hydrogen) atoms. The van der Waals surface area contributed by atoms with Crippen LogP contribution >= 0.6 is 0 Å². The number of ether oxygens (including phenoxy) is 2. The molecule has 0 N–H and O–H groups in total. The Balaban J connectivity index is 1.97. The van der Waals surface area contributed by atoms with Gasteiger partial charge in [0.05, 0.1) is 24.8 Å². The van der Waals surface area contributed by atoms with Crippen molar-refractivity contribution < 1.29 is 14.3 Å². The van der Waals surface area contributed by atoms with Crippen molar-refractivity contribution in [3.63, 3.8) is 0 Å². The van der Waals surface area contributed by atoms with E-state index >= 15 is 0 Å². The van der Waals surface area contributed by atoms with Gasteiger partial charge in [-0.05, 0) is 61.3 Å². The van der Waals surface area contributed by atoms with Crippen molar-refractivity contribution >= 4 is 11.6 Å². The SMILES string of the molecule is CCC1CCCc2cc3c(c(C)c2CC1)N(C(=O)C(C)COC)CCO3. The second-order valence-corrected chi connectivity index (χ2v) is 7.89. The summed E-state index contributed by atoms with van der Waals surface area (Å²) in [7, 11) is 1.65. The van der Waals surface area contributed by atoms with Crippen molar-refractivity contribution in [1.29, 1.82) is 0 Å². The van der Waals surface area contributed by atoms with Gasteiger partial charge in [-0.15, -0.1) is 0 Å². The van der Waals surface area contributed by atoms with Crippen LogP contribution in [-0.4, -0.2) is 32.8 Å². The number of methoxy groups -OCH3 is 1. The standard InChI is InChI=1S/C22H33NO3/c1-5-17-7-6-8-18-13-20-21(16(3)19(18)10-9-17)23(11-12-26-20)22(24)15(2)14-25-4/h13,15,17H,5-12,14H2,1-4H3. The van der Waals surface area contributed by atoms with Gasteiger partial charge in [0.1, 0.15) is 12.4 Å². The highest BCUT2D eigenvalue weighted by atomic mass is 16.5. The maximum absolute atomic E-state index is 13.0. The first-order valence-electron chi connectivity index (χ1n) is 10.1. The summed E-state index contributed by atoms with van der Waals surface area (Å²) in [4.78, 5) is 14.9. The lowest BCUT2D eigenvalue weighted by Crippen LogP contribution is -2.42. The molecule has 1 aliphatic carbocycles. The van der Waals surface area contributed by atoms with Crippen LogP contribution in [0.1, 0.15) is 56.2 Å². The molecule has 0 bridgehead atoms. The van der Waals surface area contributed by atoms with Crippen LogP contribution < -0.4 is 9.64 Å². The first-order valence-corrected chi connectivity index (χ1v) is 10.1. The molecule has 1 aromatic carbocycles. The summed E-state index contributed by atoms with van der Waals surface area (Å²) in [6, 6.07) is 2.21. The second kappa shape index (κ2) is 8.43. The summed E-state index contributed by atoms with van der Waals surface area (Å²) in [6.07, 6.45) is 7.32. The van der Waals surface area contributed by atoms with Gasteiger partial charge in [0.2, 0.25) is 5.91 Å². The third kappa shape index (κ3) is 3.75. The van der Waals surface area contributed by atoms with E-state index in [1.165, 1.54) is 42.4 Å². The Morgan fingerprint density at radius 1 is 1.38 bits per heavy atom. The van der Waals surface area contributed by atoms with Crippen LogP contribution in [0.15, 0.2) is 6.07 Å². The molecule has 0 saturated heterocycles. The Morgan fingerprint density at radius 3 is 2.92 bits per heavy atom. The first-order chi connectivity index (χ1) is 12.6. The number of hydrogen-bond donors (Lipinski definition) is 0. The van der Waals surface area contributed by atoms with Gasteiger partial charge in [-0.25, -0.2) is 0 Å². The molecule has 3 rings (SSSR count). The minimum absolute atomic E-state index is 0.136. The predicted octanol–water partition coefficient (Wildman–Crippen LogP) is 4.30. The Hall–Kier alpha value is -1.55. The van der Waals surface area contributed by atoms with Crippen LogP contribution in [0, 0.1) is 18.8 Å². The number of carbonyl (C=O) groups excluding carboxylic acids is 1. The summed E-state index contributed by atoms with van der Waals surface area (Å²) in [5.41, 5.74) is 5.11. The fraction of sp³-hybridized carbons (Fsp3) is 0.682. The monoisotopic (exact) mass is 359 g/mol. The maximum atomic E-state index is 13.0. The van der Waals surface area contributed by atoms with E-state index in [9.17, 15) is 4.79 Å². The third-order valence-electron chi connectivity index (χ3n) is 6.12. The van der Waals surface area contributed by atoms with Gasteiger partial charge in [0.15, 0.2) is 0 Å². The van der Waals surface area contributed by atoms with E-state index in [4.69, 9.17) is 9.47 Å². The zero-order chi connectivity index (χ0) is 18.7. The highest BCUT2D eigenvalue weighted by Crippen LogP contribution is 2.41. The zero-order valence-corrected chi connectivity index (χ0v) is 16.8. The molecule has 144 valence electrons. The average molecular weight is 360 g/mol. The Labute approximate surface area is 157 Å². The molecule has 0 fully saturated rings. The molecule has 4 heteroatoms. The van der Waals surface area contributed by atoms with Crippen molar-refractivity contribution in [2.75, 3.05) is 31.8 Å². The highest BCUT2D eigenvalue weighted by Gasteiger charge is 2.31. The Kier molecular flexibility index (Phi) is 6.23. The lowest BCUT2D eigenvalue weighted by molar-refractivity contribution is -0.123. The van der Waals surface area contributed by atoms with Crippen molar-refractivity contribution in [3.8, 4) is 5.75 Å². The quantitative estimate of drug-likeness (QED) is 0.805. The number of amides is 1. The number of fused-ring (bicyclic) bond motifs is 2. The van der Waals surface area contributed by atoms with Gasteiger partial charge in [0.25, 0.3) is 0 Å². The predicted molar refractivity (Wildman–Crippen MR) is 105 cm³/mol. The molecule has 1 amide bonds. The molecule has 2 unspecified atom stereocenters. The van der Waals surface area contributed by atoms with E-state index in [1.807, 2.05) is 11.8 Å². The smallest absolute Gasteiger partial charge is 0.232 e. The van der Waals surface area contributed by atoms with Gasteiger partial charge in [-0.1, -0.05) is 26.7 Å². The van der Waals surface area contributed by atoms with Gasteiger partial charge in [-0.3, -0.25) is 4.79 Å². The summed E-state index contributed by atoms with van der Waals surface area (Å²) in [5, 5.41) is 0. The van der Waals surface area contributed by atoms with Gasteiger partial charge in [0, 0.05) is 7.11 Å². The summed E-state index contributed by atoms with van der Waals surface area (Å²) < 4.78 is 11.2. The molecule has 1 aromatic rings. The lowest BCUT2D eigenvalue weighted by Gasteiger charge is -2.35. The third-order valence-corrected chi connectivity index (χ3v) is 6.12. The molecule has 2 atom stereocenters. The fourth-order valence-corrected chi connectivity index (χ4v) is 4.55. The number of rotatable bonds is 4. The van der Waals surface area contributed by atoms with Gasteiger partial charge < -0.3 is 14.4 Å². The van der Waals surface area contributed by atoms with E-state index < -0.39 is 0 Å². The van der Waals surface area contributed by atoms with Gasteiger partial charge in [-0.2, -0.15) is 0 Å². The van der Waals surface area contributed by atoms with Crippen molar-refractivity contribution in [2.45, 2.75) is 59.3 Å². The van der Waals surface area contributed by atoms with E-state index in [0.29, 0.717) is 19.8 Å². The van der Waals surface area contributed by atoms with Crippen LogP contribution in [-0.2, 0) is 22.4 Å². The molecule has 1 heterocycles. The molecule has 1 aliphatic heterocycles. The highest BCUT2D eigenvalue weighted by molar-refractivity contribution is 5.98. The number of carbonyl (C=O) groups is 1. The average Bonchev–Trinajstić information content (AvgIpc) is 2.62. The second-order valence-electron chi connectivity index (χ2n) is 7.89. The minimum atomic E-state index is -0.142. The number of anilines is 1. The molecule has 0 spiro atoms. The first kappa shape index (κ1) is 19.2. The maximum Gasteiger partial charge on any atom is 0.232 e. The largest absolute Gasteiger partial charge is 0.490 e. The molecule has 0 saturated carbocycles. The molecule has 0 aromatic heterocycles. The van der Waals surface area contributed by atoms with Crippen molar-refractivity contribution in [3.05, 3.63) is 22.8 Å². The topological polar surface area (TPSA) is 38.8 Å². The van der Waals surface area contributed by atoms with Crippen LogP contribution in [0.3, 0.4) is 0 Å². The number of benzene rings is 1. The molecule has 4 nitrogen and oxygen atoms in total. The number of nitrogens with zero attached hydrogens (tertiary/aromatic N) is 1. The molecule has 2 aliphatic rings. The van der Waals surface area contributed by atoms with Crippen molar-refractivity contribution in [2.24, 2.45) is 11.8 Å². The molecular weight excluding hydrogens is 326 g/mol. The minimum Gasteiger partial charge on any atom is -0.490 e. The van der Waals surface area contributed by atoms with E-state index in [-0.39, 0.29) is 11.8 Å². The van der Waals surface area contributed by atoms with Crippen LogP contribution in [0.5, 0.6) is 5.75 Å². The van der Waals surface area contributed by atoms with Crippen LogP contribution in [0.4, 0.5) is 5.69 Å². The van der Waals surface area contributed by atoms with Gasteiger partial charge >= 0.3 is 0 Å². The molecular formula is C22H33NO3. The summed E-state index contributed by atoms with van der Waals surface area (Å²) >= 11 is 0. The van der Waals surface area contributed by atoms with Crippen molar-refractivity contribution in [1.82, 2.24) is 0 Å². The lowest BCUT2D eigenvalue weighted by atomic mass is 9.83. The fourth-order valence-electron chi connectivity index (χ4n) is 4.55. The van der Waals surface area contributed by atoms with E-state index in [1.54, 1.807) is 7.11 Å². The summed E-state index contributed by atoms with van der Waals surface area (Å²) in [6.45, 7) is 8.06. The molecule has 0 radical (unpaired) electrons.